The maximum atomic E-state index is 11.3. The normalized spacial score (nSPS) is 20.9. The van der Waals surface area contributed by atoms with E-state index in [-0.39, 0.29) is 17.8 Å². The molecule has 36 heavy (non-hydrogen) atoms. The van der Waals surface area contributed by atoms with Crippen molar-refractivity contribution in [3.05, 3.63) is 66.0 Å². The van der Waals surface area contributed by atoms with Crippen LogP contribution >= 0.6 is 0 Å². The van der Waals surface area contributed by atoms with E-state index in [1.165, 1.54) is 0 Å². The van der Waals surface area contributed by atoms with E-state index in [1.54, 1.807) is 0 Å². The molecule has 0 spiro atoms. The summed E-state index contributed by atoms with van der Waals surface area (Å²) in [6, 6.07) is 14.6. The summed E-state index contributed by atoms with van der Waals surface area (Å²) in [4.78, 5) is 18.2. The number of aryl methyl sites for hydroxylation is 3. The number of rotatable bonds is 4. The van der Waals surface area contributed by atoms with Crippen LogP contribution in [0.5, 0.6) is 0 Å². The molecule has 1 N–H and O–H groups in total. The van der Waals surface area contributed by atoms with Crippen LogP contribution in [0, 0.1) is 31.6 Å². The lowest BCUT2D eigenvalue weighted by molar-refractivity contribution is -0.139. The van der Waals surface area contributed by atoms with Gasteiger partial charge in [0, 0.05) is 42.7 Å². The minimum Gasteiger partial charge on any atom is -0.481 e. The second kappa shape index (κ2) is 7.40. The van der Waals surface area contributed by atoms with Crippen molar-refractivity contribution >= 4 is 33.6 Å². The second-order valence-electron chi connectivity index (χ2n) is 10.2. The fourth-order valence-electron chi connectivity index (χ4n) is 6.05. The SMILES string of the molecule is Cc1ccc(-c2nn(-c3ccc(N4C[C@@H]5C(C(=O)O)[C@@H]5C4)nc3)c3c(C)cccc23)c2cn(C)nc12. The van der Waals surface area contributed by atoms with E-state index < -0.39 is 5.97 Å². The number of para-hydroxylation sites is 1. The molecule has 2 aliphatic rings. The molecule has 8 heteroatoms. The van der Waals surface area contributed by atoms with E-state index in [0.717, 1.165) is 68.8 Å². The highest BCUT2D eigenvalue weighted by molar-refractivity contribution is 6.04. The molecular weight excluding hydrogens is 452 g/mol. The summed E-state index contributed by atoms with van der Waals surface area (Å²) in [5, 5.41) is 21.3. The molecular formula is C28H26N6O2. The van der Waals surface area contributed by atoms with E-state index >= 15 is 0 Å². The number of aliphatic carboxylic acids is 1. The number of piperidine rings is 1. The van der Waals surface area contributed by atoms with Crippen LogP contribution in [0.15, 0.2) is 54.9 Å². The smallest absolute Gasteiger partial charge is 0.307 e. The number of benzene rings is 2. The zero-order chi connectivity index (χ0) is 24.7. The Balaban J connectivity index is 1.30. The van der Waals surface area contributed by atoms with Gasteiger partial charge in [0.25, 0.3) is 0 Å². The van der Waals surface area contributed by atoms with Crippen LogP contribution in [-0.4, -0.2) is 48.7 Å². The molecule has 0 bridgehead atoms. The first-order valence-corrected chi connectivity index (χ1v) is 12.3. The molecule has 1 saturated heterocycles. The average Bonchev–Trinajstić information content (AvgIpc) is 3.21. The van der Waals surface area contributed by atoms with Gasteiger partial charge < -0.3 is 10.0 Å². The van der Waals surface area contributed by atoms with Crippen molar-refractivity contribution in [2.75, 3.05) is 18.0 Å². The molecule has 1 aliphatic heterocycles. The number of hydrogen-bond donors (Lipinski definition) is 1. The van der Waals surface area contributed by atoms with Gasteiger partial charge in [0.2, 0.25) is 0 Å². The Hall–Kier alpha value is -4.20. The number of aromatic nitrogens is 5. The predicted octanol–water partition coefficient (Wildman–Crippen LogP) is 4.36. The van der Waals surface area contributed by atoms with Gasteiger partial charge in [-0.15, -0.1) is 0 Å². The Morgan fingerprint density at radius 2 is 1.78 bits per heavy atom. The summed E-state index contributed by atoms with van der Waals surface area (Å²) in [5.41, 5.74) is 7.22. The third kappa shape index (κ3) is 3.00. The van der Waals surface area contributed by atoms with Crippen molar-refractivity contribution < 1.29 is 9.90 Å². The minimum absolute atomic E-state index is 0.176. The molecule has 3 atom stereocenters. The first-order valence-electron chi connectivity index (χ1n) is 12.3. The Kier molecular flexibility index (Phi) is 4.34. The third-order valence-electron chi connectivity index (χ3n) is 7.93. The molecule has 1 aliphatic carbocycles. The number of nitrogens with zero attached hydrogens (tertiary/aromatic N) is 6. The molecule has 180 valence electrons. The van der Waals surface area contributed by atoms with Crippen LogP contribution in [0.2, 0.25) is 0 Å². The van der Waals surface area contributed by atoms with Crippen LogP contribution < -0.4 is 4.90 Å². The molecule has 2 aromatic carbocycles. The van der Waals surface area contributed by atoms with Gasteiger partial charge in [-0.25, -0.2) is 9.67 Å². The van der Waals surface area contributed by atoms with Gasteiger partial charge in [-0.05, 0) is 48.9 Å². The third-order valence-corrected chi connectivity index (χ3v) is 7.93. The highest BCUT2D eigenvalue weighted by atomic mass is 16.4. The number of anilines is 1. The quantitative estimate of drug-likeness (QED) is 0.413. The first-order chi connectivity index (χ1) is 17.4. The molecule has 1 saturated carbocycles. The number of hydrogen-bond acceptors (Lipinski definition) is 5. The van der Waals surface area contributed by atoms with Crippen molar-refractivity contribution in [3.63, 3.8) is 0 Å². The number of carboxylic acid groups (broad SMARTS) is 1. The van der Waals surface area contributed by atoms with Crippen molar-refractivity contribution in [1.29, 1.82) is 0 Å². The molecule has 0 amide bonds. The maximum Gasteiger partial charge on any atom is 0.307 e. The fraction of sp³-hybridized carbons (Fsp3) is 0.286. The van der Waals surface area contributed by atoms with Crippen LogP contribution in [0.1, 0.15) is 11.1 Å². The zero-order valence-corrected chi connectivity index (χ0v) is 20.4. The van der Waals surface area contributed by atoms with Crippen LogP contribution in [0.4, 0.5) is 5.82 Å². The van der Waals surface area contributed by atoms with Crippen LogP contribution in [0.3, 0.4) is 0 Å². The topological polar surface area (TPSA) is 89.1 Å². The van der Waals surface area contributed by atoms with Crippen LogP contribution in [0.25, 0.3) is 38.8 Å². The molecule has 2 fully saturated rings. The zero-order valence-electron chi connectivity index (χ0n) is 20.4. The lowest BCUT2D eigenvalue weighted by Gasteiger charge is -2.20. The van der Waals surface area contributed by atoms with Gasteiger partial charge in [-0.1, -0.05) is 30.3 Å². The molecule has 7 rings (SSSR count). The Labute approximate surface area is 207 Å². The van der Waals surface area contributed by atoms with E-state index in [0.29, 0.717) is 0 Å². The first kappa shape index (κ1) is 21.1. The summed E-state index contributed by atoms with van der Waals surface area (Å²) in [6.07, 6.45) is 3.93. The van der Waals surface area contributed by atoms with Crippen molar-refractivity contribution in [2.24, 2.45) is 24.8 Å². The molecule has 8 nitrogen and oxygen atoms in total. The Morgan fingerprint density at radius 3 is 2.50 bits per heavy atom. The van der Waals surface area contributed by atoms with Crippen LogP contribution in [-0.2, 0) is 11.8 Å². The number of fused-ring (bicyclic) bond motifs is 3. The van der Waals surface area contributed by atoms with Crippen molar-refractivity contribution in [2.45, 2.75) is 13.8 Å². The van der Waals surface area contributed by atoms with Gasteiger partial charge in [0.05, 0.1) is 28.8 Å². The lowest BCUT2D eigenvalue weighted by Crippen LogP contribution is -2.26. The second-order valence-corrected chi connectivity index (χ2v) is 10.2. The van der Waals surface area contributed by atoms with E-state index in [2.05, 4.69) is 66.4 Å². The highest BCUT2D eigenvalue weighted by Gasteiger charge is 2.60. The van der Waals surface area contributed by atoms with Gasteiger partial charge in [0.1, 0.15) is 11.5 Å². The van der Waals surface area contributed by atoms with E-state index in [9.17, 15) is 9.90 Å². The Bertz CT molecular complexity index is 1670. The van der Waals surface area contributed by atoms with Crippen molar-refractivity contribution in [1.82, 2.24) is 24.5 Å². The Morgan fingerprint density at radius 1 is 0.972 bits per heavy atom. The minimum atomic E-state index is -0.665. The maximum absolute atomic E-state index is 11.3. The van der Waals surface area contributed by atoms with E-state index in [1.807, 2.05) is 28.7 Å². The highest BCUT2D eigenvalue weighted by Crippen LogP contribution is 2.52. The summed E-state index contributed by atoms with van der Waals surface area (Å²) >= 11 is 0. The standard InChI is InChI=1S/C28H26N6O2/c1-15-7-9-18(22-12-32(3)30-25(15)22)26-19-6-4-5-16(2)27(19)34(31-26)17-8-10-23(29-11-17)33-13-20-21(14-33)24(20)28(35)36/h4-12,20-21,24H,13-14H2,1-3H3,(H,35,36)/t20-,21+,24?. The average molecular weight is 479 g/mol. The molecule has 0 radical (unpaired) electrons. The number of carboxylic acids is 1. The summed E-state index contributed by atoms with van der Waals surface area (Å²) < 4.78 is 3.84. The monoisotopic (exact) mass is 478 g/mol. The van der Waals surface area contributed by atoms with Gasteiger partial charge >= 0.3 is 5.97 Å². The predicted molar refractivity (Wildman–Crippen MR) is 138 cm³/mol. The summed E-state index contributed by atoms with van der Waals surface area (Å²) in [5.74, 6) is 0.553. The van der Waals surface area contributed by atoms with E-state index in [4.69, 9.17) is 10.1 Å². The largest absolute Gasteiger partial charge is 0.481 e. The lowest BCUT2D eigenvalue weighted by atomic mass is 10.0. The molecule has 4 heterocycles. The molecule has 1 unspecified atom stereocenters. The number of carbonyl (C=O) groups is 1. The molecule has 3 aromatic heterocycles. The molecule has 5 aromatic rings. The summed E-state index contributed by atoms with van der Waals surface area (Å²) in [6.45, 7) is 5.71. The van der Waals surface area contributed by atoms with Crippen molar-refractivity contribution in [3.8, 4) is 16.9 Å². The summed E-state index contributed by atoms with van der Waals surface area (Å²) in [7, 11) is 1.95. The van der Waals surface area contributed by atoms with Gasteiger partial charge in [0.15, 0.2) is 0 Å². The van der Waals surface area contributed by atoms with Gasteiger partial charge in [-0.3, -0.25) is 9.48 Å². The van der Waals surface area contributed by atoms with Gasteiger partial charge in [-0.2, -0.15) is 10.2 Å². The number of pyridine rings is 1. The fourth-order valence-corrected chi connectivity index (χ4v) is 6.05.